The lowest BCUT2D eigenvalue weighted by atomic mass is 10.1. The molecular weight excluding hydrogens is 244 g/mol. The van der Waals surface area contributed by atoms with Crippen LogP contribution in [0, 0.1) is 6.92 Å². The molecule has 1 atom stereocenters. The Morgan fingerprint density at radius 3 is 3.00 bits per heavy atom. The van der Waals surface area contributed by atoms with Gasteiger partial charge in [-0.1, -0.05) is 0 Å². The van der Waals surface area contributed by atoms with Crippen molar-refractivity contribution in [1.82, 2.24) is 4.98 Å². The summed E-state index contributed by atoms with van der Waals surface area (Å²) in [5.74, 6) is 0.790. The van der Waals surface area contributed by atoms with Crippen molar-refractivity contribution in [3.05, 3.63) is 40.3 Å². The third kappa shape index (κ3) is 3.23. The molecule has 2 heterocycles. The van der Waals surface area contributed by atoms with E-state index in [0.29, 0.717) is 6.04 Å². The minimum absolute atomic E-state index is 0.357. The van der Waals surface area contributed by atoms with Gasteiger partial charge in [-0.25, -0.2) is 0 Å². The number of thiophene rings is 1. The number of anilines is 1. The number of hydrogen-bond acceptors (Lipinski definition) is 4. The van der Waals surface area contributed by atoms with E-state index in [4.69, 9.17) is 4.74 Å². The van der Waals surface area contributed by atoms with Crippen molar-refractivity contribution in [2.45, 2.75) is 26.3 Å². The fourth-order valence-electron chi connectivity index (χ4n) is 1.90. The lowest BCUT2D eigenvalue weighted by molar-refractivity contribution is 0.414. The zero-order valence-corrected chi connectivity index (χ0v) is 11.8. The smallest absolute Gasteiger partial charge is 0.160 e. The summed E-state index contributed by atoms with van der Waals surface area (Å²) in [6.07, 6.45) is 2.77. The van der Waals surface area contributed by atoms with Crippen LogP contribution in [0.15, 0.2) is 29.1 Å². The Balaban J connectivity index is 2.06. The Hall–Kier alpha value is -1.55. The van der Waals surface area contributed by atoms with Crippen molar-refractivity contribution in [2.75, 3.05) is 12.4 Å². The number of nitrogens with one attached hydrogen (secondary N) is 1. The van der Waals surface area contributed by atoms with E-state index in [1.54, 1.807) is 24.6 Å². The number of ether oxygens (including phenoxy) is 1. The van der Waals surface area contributed by atoms with Gasteiger partial charge < -0.3 is 10.1 Å². The van der Waals surface area contributed by atoms with E-state index in [0.717, 1.165) is 23.6 Å². The molecule has 0 spiro atoms. The van der Waals surface area contributed by atoms with E-state index in [1.165, 1.54) is 5.56 Å². The molecule has 0 radical (unpaired) electrons. The predicted molar refractivity (Wildman–Crippen MR) is 76.6 cm³/mol. The Kier molecular flexibility index (Phi) is 4.20. The van der Waals surface area contributed by atoms with Crippen molar-refractivity contribution in [3.63, 3.8) is 0 Å². The molecule has 96 valence electrons. The van der Waals surface area contributed by atoms with Gasteiger partial charge in [-0.05, 0) is 48.7 Å². The van der Waals surface area contributed by atoms with Gasteiger partial charge >= 0.3 is 0 Å². The number of aromatic nitrogens is 1. The van der Waals surface area contributed by atoms with Crippen molar-refractivity contribution in [3.8, 4) is 5.75 Å². The van der Waals surface area contributed by atoms with Gasteiger partial charge in [0.1, 0.15) is 0 Å². The summed E-state index contributed by atoms with van der Waals surface area (Å²) < 4.78 is 5.31. The molecule has 0 fully saturated rings. The SMILES string of the molecule is COc1cnc(C)cc1NC(C)Cc1ccsc1. The molecule has 0 aliphatic carbocycles. The molecule has 0 aromatic carbocycles. The first-order chi connectivity index (χ1) is 8.69. The summed E-state index contributed by atoms with van der Waals surface area (Å²) in [7, 11) is 1.67. The van der Waals surface area contributed by atoms with Crippen LogP contribution in [0.25, 0.3) is 0 Å². The Bertz CT molecular complexity index is 497. The van der Waals surface area contributed by atoms with Gasteiger partial charge in [-0.2, -0.15) is 11.3 Å². The maximum atomic E-state index is 5.31. The Morgan fingerprint density at radius 1 is 1.50 bits per heavy atom. The zero-order valence-electron chi connectivity index (χ0n) is 10.9. The van der Waals surface area contributed by atoms with E-state index < -0.39 is 0 Å². The highest BCUT2D eigenvalue weighted by Crippen LogP contribution is 2.24. The lowest BCUT2D eigenvalue weighted by Gasteiger charge is -2.17. The fraction of sp³-hybridized carbons (Fsp3) is 0.357. The quantitative estimate of drug-likeness (QED) is 0.895. The number of pyridine rings is 1. The second-order valence-corrected chi connectivity index (χ2v) is 5.19. The number of aryl methyl sites for hydroxylation is 1. The second-order valence-electron chi connectivity index (χ2n) is 4.41. The van der Waals surface area contributed by atoms with Gasteiger partial charge in [0, 0.05) is 11.7 Å². The standard InChI is InChI=1S/C14H18N2OS/c1-10-7-13(14(17-3)8-15-10)16-11(2)6-12-4-5-18-9-12/h4-5,7-9,11H,6H2,1-3H3,(H,15,16). The summed E-state index contributed by atoms with van der Waals surface area (Å²) >= 11 is 1.74. The minimum Gasteiger partial charge on any atom is -0.493 e. The third-order valence-electron chi connectivity index (χ3n) is 2.75. The van der Waals surface area contributed by atoms with Gasteiger partial charge in [0.05, 0.1) is 19.0 Å². The molecule has 0 amide bonds. The van der Waals surface area contributed by atoms with E-state index in [2.05, 4.69) is 34.1 Å². The molecule has 1 N–H and O–H groups in total. The topological polar surface area (TPSA) is 34.1 Å². The number of methoxy groups -OCH3 is 1. The first kappa shape index (κ1) is 12.9. The van der Waals surface area contributed by atoms with E-state index in [1.807, 2.05) is 13.0 Å². The molecule has 0 bridgehead atoms. The molecule has 0 saturated carbocycles. The largest absolute Gasteiger partial charge is 0.493 e. The molecule has 2 aromatic rings. The number of hydrogen-bond donors (Lipinski definition) is 1. The Labute approximate surface area is 112 Å². The molecule has 2 aromatic heterocycles. The minimum atomic E-state index is 0.357. The predicted octanol–water partition coefficient (Wildman–Crippen LogP) is 3.50. The second kappa shape index (κ2) is 5.87. The summed E-state index contributed by atoms with van der Waals surface area (Å²) in [5.41, 5.74) is 3.36. The Morgan fingerprint density at radius 2 is 2.33 bits per heavy atom. The first-order valence-electron chi connectivity index (χ1n) is 5.97. The average Bonchev–Trinajstić information content (AvgIpc) is 2.82. The summed E-state index contributed by atoms with van der Waals surface area (Å²) in [4.78, 5) is 4.23. The summed E-state index contributed by atoms with van der Waals surface area (Å²) in [6, 6.07) is 4.54. The van der Waals surface area contributed by atoms with Crippen LogP contribution in [0.2, 0.25) is 0 Å². The molecule has 0 saturated heterocycles. The number of rotatable bonds is 5. The maximum absolute atomic E-state index is 5.31. The van der Waals surface area contributed by atoms with Gasteiger partial charge in [-0.15, -0.1) is 0 Å². The van der Waals surface area contributed by atoms with Crippen molar-refractivity contribution in [1.29, 1.82) is 0 Å². The maximum Gasteiger partial charge on any atom is 0.160 e. The zero-order chi connectivity index (χ0) is 13.0. The van der Waals surface area contributed by atoms with E-state index >= 15 is 0 Å². The molecule has 4 heteroatoms. The normalized spacial score (nSPS) is 12.2. The van der Waals surface area contributed by atoms with Gasteiger partial charge in [-0.3, -0.25) is 4.98 Å². The van der Waals surface area contributed by atoms with Crippen LogP contribution >= 0.6 is 11.3 Å². The van der Waals surface area contributed by atoms with Crippen LogP contribution in [0.4, 0.5) is 5.69 Å². The van der Waals surface area contributed by atoms with E-state index in [-0.39, 0.29) is 0 Å². The average molecular weight is 262 g/mol. The highest BCUT2D eigenvalue weighted by Gasteiger charge is 2.08. The van der Waals surface area contributed by atoms with Gasteiger partial charge in [0.25, 0.3) is 0 Å². The molecular formula is C14H18N2OS. The fourth-order valence-corrected chi connectivity index (χ4v) is 2.58. The van der Waals surface area contributed by atoms with Crippen LogP contribution < -0.4 is 10.1 Å². The van der Waals surface area contributed by atoms with Gasteiger partial charge in [0.15, 0.2) is 5.75 Å². The highest BCUT2D eigenvalue weighted by molar-refractivity contribution is 7.07. The molecule has 0 aliphatic heterocycles. The van der Waals surface area contributed by atoms with Crippen LogP contribution in [-0.2, 0) is 6.42 Å². The van der Waals surface area contributed by atoms with Crippen molar-refractivity contribution < 1.29 is 4.74 Å². The monoisotopic (exact) mass is 262 g/mol. The molecule has 18 heavy (non-hydrogen) atoms. The lowest BCUT2D eigenvalue weighted by Crippen LogP contribution is -2.18. The summed E-state index contributed by atoms with van der Waals surface area (Å²) in [5, 5.41) is 7.78. The molecule has 0 aliphatic rings. The molecule has 2 rings (SSSR count). The van der Waals surface area contributed by atoms with Crippen LogP contribution in [0.5, 0.6) is 5.75 Å². The highest BCUT2D eigenvalue weighted by atomic mass is 32.1. The third-order valence-corrected chi connectivity index (χ3v) is 3.48. The van der Waals surface area contributed by atoms with Crippen molar-refractivity contribution >= 4 is 17.0 Å². The first-order valence-corrected chi connectivity index (χ1v) is 6.91. The van der Waals surface area contributed by atoms with Crippen LogP contribution in [0.3, 0.4) is 0 Å². The number of nitrogens with zero attached hydrogens (tertiary/aromatic N) is 1. The van der Waals surface area contributed by atoms with Gasteiger partial charge in [0.2, 0.25) is 0 Å². The molecule has 3 nitrogen and oxygen atoms in total. The summed E-state index contributed by atoms with van der Waals surface area (Å²) in [6.45, 7) is 4.15. The van der Waals surface area contributed by atoms with Crippen LogP contribution in [0.1, 0.15) is 18.2 Å². The molecule has 1 unspecified atom stereocenters. The van der Waals surface area contributed by atoms with E-state index in [9.17, 15) is 0 Å². The van der Waals surface area contributed by atoms with Crippen molar-refractivity contribution in [2.24, 2.45) is 0 Å². The van der Waals surface area contributed by atoms with Crippen LogP contribution in [-0.4, -0.2) is 18.1 Å².